The summed E-state index contributed by atoms with van der Waals surface area (Å²) in [6.45, 7) is 5.68. The zero-order chi connectivity index (χ0) is 86.7. The second-order valence-electron chi connectivity index (χ2n) is 28.4. The van der Waals surface area contributed by atoms with Crippen LogP contribution in [0.25, 0.3) is 0 Å². The third-order valence-electron chi connectivity index (χ3n) is 18.1. The van der Waals surface area contributed by atoms with E-state index in [9.17, 15) is 108 Å². The van der Waals surface area contributed by atoms with Gasteiger partial charge < -0.3 is 152 Å². The maximum atomic E-state index is 14.4. The summed E-state index contributed by atoms with van der Waals surface area (Å²) >= 11 is 0. The standard InChI is InChI=1S/C72H130N11O33P/c1-44(2)116-117(104,105)112-31-13-7-6-10-27-78-68(102)48(17-8-11-25-73-53(90)19-14-21-55(92)75-28-32-106-35-38-109-70-59(79-45(3)87)65(99)62(96)50(41-84)113-70)83-69(103)49(82-58(95)24-16-23-57(94)77-30-34-108-37-40-111-72-61(81-47(5)89)67(101)64(98)52(43-86)115-72)18-9-12-26-74-54(91)20-15-22-56(93)76-29-33-107-36-39-110-71-60(80-46(4)88)66(100)63(97)51(42-85)114-71/h44,48-52,59-67,70-72,84-86,96-101H,6-43H2,1-5H3,(H,73,90)(H,74,91)(H,75,92)(H,76,93)(H,77,94)(H,78,102)(H,79,87)(H,80,88)(H,81,89)(H,82,95)(H,83,103)(H,104,105)/t48-,49-,50?,51?,52?,59?,60?,61?,62?,63?,64?,65?,66?,67?,70?,71?,72?/m0/s1. The van der Waals surface area contributed by atoms with Gasteiger partial charge in [-0.1, -0.05) is 12.8 Å². The van der Waals surface area contributed by atoms with Crippen molar-refractivity contribution in [2.75, 3.05) is 125 Å². The molecular formula is C72H130N11O33P. The van der Waals surface area contributed by atoms with Crippen LogP contribution in [-0.4, -0.2) is 351 Å². The van der Waals surface area contributed by atoms with Gasteiger partial charge in [-0.15, -0.1) is 0 Å². The molecule has 3 fully saturated rings. The summed E-state index contributed by atoms with van der Waals surface area (Å²) in [7, 11) is -4.23. The molecule has 0 aromatic heterocycles. The maximum Gasteiger partial charge on any atom is 0.472 e. The minimum atomic E-state index is -4.23. The van der Waals surface area contributed by atoms with Gasteiger partial charge in [0.1, 0.15) is 85.1 Å². The highest BCUT2D eigenvalue weighted by molar-refractivity contribution is 7.47. The first-order valence-corrected chi connectivity index (χ1v) is 41.4. The van der Waals surface area contributed by atoms with E-state index in [1.165, 1.54) is 20.8 Å². The van der Waals surface area contributed by atoms with Gasteiger partial charge in [-0.3, -0.25) is 61.8 Å². The molecule has 45 heteroatoms. The van der Waals surface area contributed by atoms with E-state index in [1.54, 1.807) is 13.8 Å². The normalized spacial score (nSPS) is 24.2. The molecule has 0 aliphatic carbocycles. The number of carbonyl (C=O) groups excluding carboxylic acids is 11. The van der Waals surface area contributed by atoms with Crippen molar-refractivity contribution in [3.05, 3.63) is 0 Å². The Morgan fingerprint density at radius 2 is 0.675 bits per heavy atom. The Labute approximate surface area is 680 Å². The Kier molecular flexibility index (Phi) is 53.8. The molecule has 11 amide bonds. The number of nitrogens with one attached hydrogen (secondary N) is 11. The fourth-order valence-electron chi connectivity index (χ4n) is 12.1. The van der Waals surface area contributed by atoms with Crippen molar-refractivity contribution >= 4 is 72.8 Å². The molecule has 0 aromatic carbocycles. The zero-order valence-corrected chi connectivity index (χ0v) is 68.5. The second kappa shape index (κ2) is 60.1. The quantitative estimate of drug-likeness (QED) is 0.0199. The number of carbonyl (C=O) groups is 11. The van der Waals surface area contributed by atoms with Crippen molar-refractivity contribution in [3.8, 4) is 0 Å². The fourth-order valence-corrected chi connectivity index (χ4v) is 13.1. The molecule has 0 spiro atoms. The van der Waals surface area contributed by atoms with E-state index in [-0.39, 0.29) is 206 Å². The van der Waals surface area contributed by atoms with Gasteiger partial charge in [-0.05, 0) is 84.5 Å². The molecule has 117 heavy (non-hydrogen) atoms. The van der Waals surface area contributed by atoms with Crippen LogP contribution in [-0.2, 0) is 109 Å². The van der Waals surface area contributed by atoms with Crippen LogP contribution < -0.4 is 58.5 Å². The predicted octanol–water partition coefficient (Wildman–Crippen LogP) is -6.46. The van der Waals surface area contributed by atoms with E-state index in [2.05, 4.69) is 58.5 Å². The van der Waals surface area contributed by atoms with Crippen molar-refractivity contribution in [1.82, 2.24) is 58.5 Å². The van der Waals surface area contributed by atoms with Gasteiger partial charge in [0.05, 0.1) is 92.0 Å². The smallest absolute Gasteiger partial charge is 0.394 e. The summed E-state index contributed by atoms with van der Waals surface area (Å²) in [5, 5.41) is 120. The molecule has 0 aromatic rings. The average molecular weight is 1710 g/mol. The Balaban J connectivity index is 1.56. The number of rotatable bonds is 63. The lowest BCUT2D eigenvalue weighted by Crippen LogP contribution is -2.64. The lowest BCUT2D eigenvalue weighted by molar-refractivity contribution is -0.272. The number of ether oxygens (including phenoxy) is 9. The summed E-state index contributed by atoms with van der Waals surface area (Å²) in [6.07, 6.45) is -13.0. The van der Waals surface area contributed by atoms with Gasteiger partial charge in [-0.25, -0.2) is 4.57 Å². The van der Waals surface area contributed by atoms with Crippen LogP contribution in [0.4, 0.5) is 0 Å². The molecule has 16 unspecified atom stereocenters. The number of hydrogen-bond acceptors (Lipinski definition) is 32. The largest absolute Gasteiger partial charge is 0.472 e. The van der Waals surface area contributed by atoms with Gasteiger partial charge in [0.2, 0.25) is 65.0 Å². The second-order valence-corrected chi connectivity index (χ2v) is 29.8. The zero-order valence-electron chi connectivity index (χ0n) is 67.6. The molecular weight excluding hydrogens is 1580 g/mol. The molecule has 3 rings (SSSR count). The van der Waals surface area contributed by atoms with Crippen LogP contribution >= 0.6 is 7.82 Å². The summed E-state index contributed by atoms with van der Waals surface area (Å²) in [4.78, 5) is 151. The third-order valence-corrected chi connectivity index (χ3v) is 19.3. The number of phosphoric acid groups is 1. The Morgan fingerprint density at radius 1 is 0.359 bits per heavy atom. The Hall–Kier alpha value is -6.44. The minimum absolute atomic E-state index is 0.00141. The molecule has 3 heterocycles. The van der Waals surface area contributed by atoms with E-state index in [0.29, 0.717) is 44.9 Å². The summed E-state index contributed by atoms with van der Waals surface area (Å²) in [5.41, 5.74) is 0. The van der Waals surface area contributed by atoms with E-state index in [1.807, 2.05) is 0 Å². The van der Waals surface area contributed by atoms with Crippen molar-refractivity contribution in [2.45, 2.75) is 267 Å². The lowest BCUT2D eigenvalue weighted by Gasteiger charge is -2.42. The van der Waals surface area contributed by atoms with Crippen LogP contribution in [0.3, 0.4) is 0 Å². The highest BCUT2D eigenvalue weighted by atomic mass is 31.2. The maximum absolute atomic E-state index is 14.4. The molecule has 44 nitrogen and oxygen atoms in total. The number of hydrogen-bond donors (Lipinski definition) is 21. The number of aliphatic hydroxyl groups is 9. The molecule has 3 aliphatic rings. The van der Waals surface area contributed by atoms with Gasteiger partial charge in [0.15, 0.2) is 18.9 Å². The monoisotopic (exact) mass is 1710 g/mol. The van der Waals surface area contributed by atoms with Gasteiger partial charge >= 0.3 is 7.82 Å². The van der Waals surface area contributed by atoms with E-state index in [4.69, 9.17) is 51.7 Å². The van der Waals surface area contributed by atoms with E-state index < -0.39 is 179 Å². The molecule has 0 saturated carbocycles. The molecule has 0 radical (unpaired) electrons. The average Bonchev–Trinajstić information content (AvgIpc) is 0.820. The molecule has 676 valence electrons. The SMILES string of the molecule is CC(=O)NC1C(OCCOCCNC(=O)CCCC(=O)NCCCC[C@H](NC(=O)CCCC(=O)NCCOCCOC2OC(CO)C(O)C(O)C2NC(C)=O)C(=O)N[C@@H](CCCCNC(=O)CCCC(=O)NCCOCCOC2OC(CO)C(O)C(O)C2NC(C)=O)C(=O)NCCCCCCOP(=O)(O)OC(C)C)OC(CO)C(O)C1O. The predicted molar refractivity (Wildman–Crippen MR) is 408 cm³/mol. The van der Waals surface area contributed by atoms with Gasteiger partial charge in [-0.2, -0.15) is 0 Å². The van der Waals surface area contributed by atoms with Crippen LogP contribution in [0.15, 0.2) is 0 Å². The van der Waals surface area contributed by atoms with Crippen molar-refractivity contribution in [2.24, 2.45) is 0 Å². The topological polar surface area (TPSA) is 641 Å². The highest BCUT2D eigenvalue weighted by Crippen LogP contribution is 2.44. The number of aliphatic hydroxyl groups excluding tert-OH is 9. The first-order valence-electron chi connectivity index (χ1n) is 39.9. The molecule has 18 atom stereocenters. The third kappa shape index (κ3) is 44.6. The first-order chi connectivity index (χ1) is 55.8. The summed E-state index contributed by atoms with van der Waals surface area (Å²) in [6, 6.07) is -5.76. The van der Waals surface area contributed by atoms with Crippen LogP contribution in [0.2, 0.25) is 0 Å². The number of unbranched alkanes of at least 4 members (excludes halogenated alkanes) is 5. The molecule has 3 aliphatic heterocycles. The van der Waals surface area contributed by atoms with Crippen molar-refractivity contribution in [3.63, 3.8) is 0 Å². The lowest BCUT2D eigenvalue weighted by atomic mass is 9.97. The minimum Gasteiger partial charge on any atom is -0.394 e. The van der Waals surface area contributed by atoms with Crippen LogP contribution in [0, 0.1) is 0 Å². The Bertz CT molecular complexity index is 2980. The van der Waals surface area contributed by atoms with Crippen LogP contribution in [0.1, 0.15) is 157 Å². The summed E-state index contributed by atoms with van der Waals surface area (Å²) in [5.74, 6) is -5.22. The van der Waals surface area contributed by atoms with Crippen molar-refractivity contribution in [1.29, 1.82) is 0 Å². The summed E-state index contributed by atoms with van der Waals surface area (Å²) < 4.78 is 72.0. The van der Waals surface area contributed by atoms with Gasteiger partial charge in [0.25, 0.3) is 0 Å². The van der Waals surface area contributed by atoms with E-state index in [0.717, 1.165) is 0 Å². The van der Waals surface area contributed by atoms with Crippen molar-refractivity contribution < 1.29 is 160 Å². The highest BCUT2D eigenvalue weighted by Gasteiger charge is 2.48. The number of phosphoric ester groups is 1. The molecule has 0 bridgehead atoms. The van der Waals surface area contributed by atoms with Crippen LogP contribution in [0.5, 0.6) is 0 Å². The Morgan fingerprint density at radius 3 is 1.02 bits per heavy atom. The molecule has 3 saturated heterocycles. The first kappa shape index (κ1) is 105. The van der Waals surface area contributed by atoms with Gasteiger partial charge in [0, 0.05) is 98.6 Å². The molecule has 21 N–H and O–H groups in total. The van der Waals surface area contributed by atoms with E-state index >= 15 is 0 Å². The number of amides is 11. The fraction of sp³-hybridized carbons (Fsp3) is 0.847.